The summed E-state index contributed by atoms with van der Waals surface area (Å²) >= 11 is 0. The van der Waals surface area contributed by atoms with E-state index >= 15 is 0 Å². The average molecular weight is 389 g/mol. The Morgan fingerprint density at radius 2 is 1.56 bits per heavy atom. The van der Waals surface area contributed by atoms with Gasteiger partial charge in [-0.15, -0.1) is 0 Å². The number of hydrogen-bond donors (Lipinski definition) is 1. The highest BCUT2D eigenvalue weighted by molar-refractivity contribution is 7.92. The minimum absolute atomic E-state index is 0.113. The Bertz CT molecular complexity index is 936. The molecule has 0 aliphatic rings. The second kappa shape index (κ2) is 8.57. The fourth-order valence-corrected chi connectivity index (χ4v) is 3.93. The van der Waals surface area contributed by atoms with Gasteiger partial charge < -0.3 is 5.32 Å². The van der Waals surface area contributed by atoms with Gasteiger partial charge in [-0.1, -0.05) is 24.3 Å². The lowest BCUT2D eigenvalue weighted by atomic mass is 10.1. The maximum absolute atomic E-state index is 12.3. The first-order valence-corrected chi connectivity index (χ1v) is 10.8. The monoisotopic (exact) mass is 388 g/mol. The van der Waals surface area contributed by atoms with Crippen molar-refractivity contribution < 1.29 is 13.2 Å². The molecule has 2 aromatic rings. The van der Waals surface area contributed by atoms with Crippen molar-refractivity contribution in [3.8, 4) is 0 Å². The minimum Gasteiger partial charge on any atom is -0.326 e. The number of hydrogen-bond acceptors (Lipinski definition) is 3. The summed E-state index contributed by atoms with van der Waals surface area (Å²) in [6.45, 7) is 8.01. The molecule has 6 heteroatoms. The summed E-state index contributed by atoms with van der Waals surface area (Å²) in [5.41, 5.74) is 5.45. The molecule has 0 unspecified atom stereocenters. The van der Waals surface area contributed by atoms with Gasteiger partial charge in [0.25, 0.3) is 0 Å². The summed E-state index contributed by atoms with van der Waals surface area (Å²) in [6, 6.07) is 11.6. The Hall–Kier alpha value is -2.34. The van der Waals surface area contributed by atoms with Gasteiger partial charge in [0.05, 0.1) is 11.9 Å². The van der Waals surface area contributed by atoms with Crippen molar-refractivity contribution in [1.29, 1.82) is 0 Å². The molecular formula is C21H28N2O3S. The molecule has 2 rings (SSSR count). The Balaban J connectivity index is 2.05. The fourth-order valence-electron chi connectivity index (χ4n) is 2.92. The third kappa shape index (κ3) is 5.82. The first-order valence-electron chi connectivity index (χ1n) is 9.00. The lowest BCUT2D eigenvalue weighted by Crippen LogP contribution is -2.32. The third-order valence-electron chi connectivity index (χ3n) is 4.47. The molecule has 0 saturated heterocycles. The largest absolute Gasteiger partial charge is 0.326 e. The predicted molar refractivity (Wildman–Crippen MR) is 112 cm³/mol. The van der Waals surface area contributed by atoms with Gasteiger partial charge in [-0.2, -0.15) is 0 Å². The Morgan fingerprint density at radius 3 is 2.19 bits per heavy atom. The topological polar surface area (TPSA) is 66.5 Å². The summed E-state index contributed by atoms with van der Waals surface area (Å²) in [6.07, 6.45) is 1.90. The van der Waals surface area contributed by atoms with Crippen LogP contribution in [0, 0.1) is 27.7 Å². The van der Waals surface area contributed by atoms with Crippen LogP contribution in [-0.2, 0) is 14.8 Å². The average Bonchev–Trinajstić information content (AvgIpc) is 2.56. The van der Waals surface area contributed by atoms with Gasteiger partial charge >= 0.3 is 0 Å². The van der Waals surface area contributed by atoms with Gasteiger partial charge in [0.15, 0.2) is 0 Å². The molecule has 0 radical (unpaired) electrons. The molecule has 146 valence electrons. The Labute approximate surface area is 162 Å². The molecule has 0 fully saturated rings. The summed E-state index contributed by atoms with van der Waals surface area (Å²) in [5, 5.41) is 2.92. The fraction of sp³-hybridized carbons (Fsp3) is 0.381. The van der Waals surface area contributed by atoms with Crippen molar-refractivity contribution >= 4 is 27.3 Å². The zero-order chi connectivity index (χ0) is 20.2. The molecule has 1 N–H and O–H groups in total. The number of rotatable bonds is 7. The number of aryl methyl sites for hydroxylation is 4. The number of carbonyl (C=O) groups is 1. The zero-order valence-corrected chi connectivity index (χ0v) is 17.5. The molecule has 2 aromatic carbocycles. The SMILES string of the molecule is Cc1ccc(C)c(NC(=O)CCCN(c2cc(C)ccc2C)S(C)(=O)=O)c1. The highest BCUT2D eigenvalue weighted by Gasteiger charge is 2.19. The van der Waals surface area contributed by atoms with Crippen LogP contribution in [0.5, 0.6) is 0 Å². The second-order valence-electron chi connectivity index (χ2n) is 7.10. The van der Waals surface area contributed by atoms with Crippen LogP contribution in [0.25, 0.3) is 0 Å². The van der Waals surface area contributed by atoms with E-state index in [1.807, 2.05) is 64.1 Å². The number of nitrogens with one attached hydrogen (secondary N) is 1. The molecule has 0 heterocycles. The zero-order valence-electron chi connectivity index (χ0n) is 16.7. The molecule has 0 spiro atoms. The van der Waals surface area contributed by atoms with Crippen LogP contribution in [0.4, 0.5) is 11.4 Å². The standard InChI is InChI=1S/C21H28N2O3S/c1-15-8-10-17(3)19(13-15)22-21(24)7-6-12-23(27(5,25)26)20-14-16(2)9-11-18(20)4/h8-11,13-14H,6-7,12H2,1-5H3,(H,22,24). The van der Waals surface area contributed by atoms with Crippen LogP contribution in [0.1, 0.15) is 35.1 Å². The summed E-state index contributed by atoms with van der Waals surface area (Å²) in [4.78, 5) is 12.3. The second-order valence-corrected chi connectivity index (χ2v) is 9.00. The Kier molecular flexibility index (Phi) is 6.65. The van der Waals surface area contributed by atoms with Gasteiger partial charge in [-0.3, -0.25) is 9.10 Å². The van der Waals surface area contributed by atoms with Crippen molar-refractivity contribution in [2.24, 2.45) is 0 Å². The van der Waals surface area contributed by atoms with E-state index in [-0.39, 0.29) is 18.9 Å². The third-order valence-corrected chi connectivity index (χ3v) is 5.65. The Morgan fingerprint density at radius 1 is 0.963 bits per heavy atom. The maximum atomic E-state index is 12.3. The summed E-state index contributed by atoms with van der Waals surface area (Å²) in [5.74, 6) is -0.113. The highest BCUT2D eigenvalue weighted by Crippen LogP contribution is 2.24. The molecule has 0 aromatic heterocycles. The molecule has 27 heavy (non-hydrogen) atoms. The van der Waals surface area contributed by atoms with E-state index in [9.17, 15) is 13.2 Å². The smallest absolute Gasteiger partial charge is 0.232 e. The van der Waals surface area contributed by atoms with E-state index in [1.54, 1.807) is 0 Å². The van der Waals surface area contributed by atoms with Gasteiger partial charge in [0.1, 0.15) is 0 Å². The van der Waals surface area contributed by atoms with Crippen LogP contribution in [0.2, 0.25) is 0 Å². The maximum Gasteiger partial charge on any atom is 0.232 e. The summed E-state index contributed by atoms with van der Waals surface area (Å²) in [7, 11) is -3.42. The molecular weight excluding hydrogens is 360 g/mol. The molecule has 0 saturated carbocycles. The van der Waals surface area contributed by atoms with E-state index in [0.717, 1.165) is 27.9 Å². The molecule has 0 aliphatic carbocycles. The predicted octanol–water partition coefficient (Wildman–Crippen LogP) is 4.11. The number of nitrogens with zero attached hydrogens (tertiary/aromatic N) is 1. The van der Waals surface area contributed by atoms with Gasteiger partial charge in [0.2, 0.25) is 15.9 Å². The molecule has 0 aliphatic heterocycles. The van der Waals surface area contributed by atoms with Crippen LogP contribution in [-0.4, -0.2) is 27.1 Å². The normalized spacial score (nSPS) is 11.3. The van der Waals surface area contributed by atoms with Gasteiger partial charge in [-0.25, -0.2) is 8.42 Å². The van der Waals surface area contributed by atoms with Crippen molar-refractivity contribution in [3.63, 3.8) is 0 Å². The highest BCUT2D eigenvalue weighted by atomic mass is 32.2. The molecule has 1 amide bonds. The lowest BCUT2D eigenvalue weighted by Gasteiger charge is -2.24. The lowest BCUT2D eigenvalue weighted by molar-refractivity contribution is -0.116. The molecule has 0 bridgehead atoms. The molecule has 5 nitrogen and oxygen atoms in total. The minimum atomic E-state index is -3.42. The van der Waals surface area contributed by atoms with Crippen LogP contribution in [0.15, 0.2) is 36.4 Å². The van der Waals surface area contributed by atoms with Crippen LogP contribution >= 0.6 is 0 Å². The van der Waals surface area contributed by atoms with Crippen molar-refractivity contribution in [2.75, 3.05) is 22.4 Å². The van der Waals surface area contributed by atoms with E-state index < -0.39 is 10.0 Å². The van der Waals surface area contributed by atoms with Crippen molar-refractivity contribution in [2.45, 2.75) is 40.5 Å². The number of amides is 1. The quantitative estimate of drug-likeness (QED) is 0.776. The van der Waals surface area contributed by atoms with E-state index in [2.05, 4.69) is 5.32 Å². The van der Waals surface area contributed by atoms with Crippen LogP contribution < -0.4 is 9.62 Å². The van der Waals surface area contributed by atoms with E-state index in [4.69, 9.17) is 0 Å². The van der Waals surface area contributed by atoms with Gasteiger partial charge in [-0.05, 0) is 68.5 Å². The van der Waals surface area contributed by atoms with Gasteiger partial charge in [0, 0.05) is 18.7 Å². The number of benzene rings is 2. The van der Waals surface area contributed by atoms with Crippen molar-refractivity contribution in [1.82, 2.24) is 0 Å². The number of sulfonamides is 1. The first kappa shape index (κ1) is 21.0. The van der Waals surface area contributed by atoms with Crippen molar-refractivity contribution in [3.05, 3.63) is 58.7 Å². The number of carbonyl (C=O) groups excluding carboxylic acids is 1. The summed E-state index contributed by atoms with van der Waals surface area (Å²) < 4.78 is 25.9. The molecule has 0 atom stereocenters. The first-order chi connectivity index (χ1) is 12.6. The van der Waals surface area contributed by atoms with Crippen LogP contribution in [0.3, 0.4) is 0 Å². The number of anilines is 2. The van der Waals surface area contributed by atoms with E-state index in [0.29, 0.717) is 12.1 Å². The van der Waals surface area contributed by atoms with E-state index in [1.165, 1.54) is 10.6 Å².